The molecule has 5 nitrogen and oxygen atoms in total. The number of likely N-dealkylation sites (N-methyl/N-ethyl adjacent to an activating group) is 1. The summed E-state index contributed by atoms with van der Waals surface area (Å²) in [5.41, 5.74) is 6.31. The predicted molar refractivity (Wildman–Crippen MR) is 102 cm³/mol. The Hall–Kier alpha value is -1.95. The van der Waals surface area contributed by atoms with Gasteiger partial charge in [-0.25, -0.2) is 0 Å². The van der Waals surface area contributed by atoms with Gasteiger partial charge in [-0.05, 0) is 56.5 Å². The summed E-state index contributed by atoms with van der Waals surface area (Å²) in [5, 5.41) is 15.2. The van der Waals surface area contributed by atoms with Crippen molar-refractivity contribution in [2.75, 3.05) is 14.2 Å². The number of rotatable bonds is 9. The maximum Gasteiger partial charge on any atom is 0.155 e. The van der Waals surface area contributed by atoms with Crippen LogP contribution in [0.25, 0.3) is 10.9 Å². The highest BCUT2D eigenvalue weighted by molar-refractivity contribution is 5.84. The molecule has 0 saturated heterocycles. The summed E-state index contributed by atoms with van der Waals surface area (Å²) in [4.78, 5) is 4.36. The summed E-state index contributed by atoms with van der Waals surface area (Å²) in [6.07, 6.45) is 6.32. The Balaban J connectivity index is 2.39. The number of aromatic nitrogens is 1. The summed E-state index contributed by atoms with van der Waals surface area (Å²) < 4.78 is 5.31. The lowest BCUT2D eigenvalue weighted by molar-refractivity contribution is 0.00181. The number of hydrogen-bond acceptors (Lipinski definition) is 5. The fourth-order valence-corrected chi connectivity index (χ4v) is 3.24. The number of nitrogens with one attached hydrogen (secondary N) is 1. The van der Waals surface area contributed by atoms with E-state index in [-0.39, 0.29) is 6.04 Å². The summed E-state index contributed by atoms with van der Waals surface area (Å²) in [5.74, 6) is 1.12. The molecule has 25 heavy (non-hydrogen) atoms. The van der Waals surface area contributed by atoms with Crippen LogP contribution in [0.4, 0.5) is 0 Å². The Morgan fingerprint density at radius 3 is 2.76 bits per heavy atom. The van der Waals surface area contributed by atoms with E-state index < -0.39 is 5.72 Å². The number of methoxy groups -OCH3 is 1. The molecule has 2 aromatic rings. The first-order valence-corrected chi connectivity index (χ1v) is 8.72. The monoisotopic (exact) mass is 343 g/mol. The highest BCUT2D eigenvalue weighted by Crippen LogP contribution is 2.31. The number of nitrogens with two attached hydrogens (primary N) is 1. The van der Waals surface area contributed by atoms with Gasteiger partial charge in [0.2, 0.25) is 0 Å². The predicted octanol–water partition coefficient (Wildman–Crippen LogP) is 2.93. The van der Waals surface area contributed by atoms with Gasteiger partial charge in [0.1, 0.15) is 5.75 Å². The molecule has 0 aliphatic carbocycles. The van der Waals surface area contributed by atoms with Gasteiger partial charge < -0.3 is 15.2 Å². The third kappa shape index (κ3) is 4.18. The molecule has 0 fully saturated rings. The van der Waals surface area contributed by atoms with Crippen LogP contribution < -0.4 is 15.8 Å². The Morgan fingerprint density at radius 1 is 1.40 bits per heavy atom. The number of nitrogens with zero attached hydrogens (tertiary/aromatic N) is 1. The molecule has 0 amide bonds. The second-order valence-electron chi connectivity index (χ2n) is 6.39. The van der Waals surface area contributed by atoms with Crippen LogP contribution in [0.3, 0.4) is 0 Å². The normalized spacial score (nSPS) is 16.2. The van der Waals surface area contributed by atoms with Gasteiger partial charge in [-0.3, -0.25) is 10.7 Å². The molecule has 0 radical (unpaired) electrons. The summed E-state index contributed by atoms with van der Waals surface area (Å²) >= 11 is 0. The fraction of sp³-hybridized carbons (Fsp3) is 0.450. The van der Waals surface area contributed by atoms with Crippen molar-refractivity contribution in [1.82, 2.24) is 10.3 Å². The van der Waals surface area contributed by atoms with Crippen molar-refractivity contribution in [1.29, 1.82) is 0 Å². The zero-order valence-corrected chi connectivity index (χ0v) is 15.3. The fourth-order valence-electron chi connectivity index (χ4n) is 3.24. The maximum absolute atomic E-state index is 11.2. The SMILES string of the molecule is C=C[C@@H](CC)CC[C@@H](NC)[C@@](N)(O)c1ccnc2ccc(OC)cc12. The molecule has 2 rings (SSSR count). The molecule has 0 saturated carbocycles. The molecule has 3 atom stereocenters. The molecule has 5 heteroatoms. The zero-order valence-electron chi connectivity index (χ0n) is 15.3. The van der Waals surface area contributed by atoms with Gasteiger partial charge in [-0.2, -0.15) is 0 Å². The smallest absolute Gasteiger partial charge is 0.155 e. The van der Waals surface area contributed by atoms with Crippen LogP contribution in [0.15, 0.2) is 43.1 Å². The van der Waals surface area contributed by atoms with E-state index in [9.17, 15) is 5.11 Å². The van der Waals surface area contributed by atoms with Gasteiger partial charge >= 0.3 is 0 Å². The maximum atomic E-state index is 11.2. The van der Waals surface area contributed by atoms with E-state index in [4.69, 9.17) is 10.5 Å². The van der Waals surface area contributed by atoms with Crippen molar-refractivity contribution in [2.24, 2.45) is 11.7 Å². The van der Waals surface area contributed by atoms with E-state index >= 15 is 0 Å². The van der Waals surface area contributed by atoms with Crippen LogP contribution >= 0.6 is 0 Å². The topological polar surface area (TPSA) is 80.4 Å². The van der Waals surface area contributed by atoms with Gasteiger partial charge in [0.05, 0.1) is 18.7 Å². The Bertz CT molecular complexity index is 715. The number of allylic oxidation sites excluding steroid dienone is 1. The minimum atomic E-state index is -1.53. The van der Waals surface area contributed by atoms with Crippen LogP contribution in [0.1, 0.15) is 31.7 Å². The quantitative estimate of drug-likeness (QED) is 0.482. The highest BCUT2D eigenvalue weighted by Gasteiger charge is 2.35. The molecular formula is C20H29N3O2. The van der Waals surface area contributed by atoms with E-state index in [1.165, 1.54) is 0 Å². The summed E-state index contributed by atoms with van der Waals surface area (Å²) in [6, 6.07) is 7.06. The van der Waals surface area contributed by atoms with Crippen molar-refractivity contribution in [3.05, 3.63) is 48.7 Å². The average Bonchev–Trinajstić information content (AvgIpc) is 2.64. The van der Waals surface area contributed by atoms with E-state index in [1.807, 2.05) is 31.3 Å². The molecular weight excluding hydrogens is 314 g/mol. The Kier molecular flexibility index (Phi) is 6.53. The third-order valence-electron chi connectivity index (χ3n) is 4.94. The van der Waals surface area contributed by atoms with E-state index in [0.29, 0.717) is 17.2 Å². The van der Waals surface area contributed by atoms with Gasteiger partial charge in [0.25, 0.3) is 0 Å². The number of benzene rings is 1. The first-order valence-electron chi connectivity index (χ1n) is 8.72. The minimum Gasteiger partial charge on any atom is -0.497 e. The number of aliphatic hydroxyl groups is 1. The molecule has 0 aliphatic rings. The third-order valence-corrected chi connectivity index (χ3v) is 4.94. The summed E-state index contributed by atoms with van der Waals surface area (Å²) in [7, 11) is 3.43. The molecule has 1 aromatic heterocycles. The second kappa shape index (κ2) is 8.43. The van der Waals surface area contributed by atoms with Gasteiger partial charge in [0.15, 0.2) is 5.72 Å². The van der Waals surface area contributed by atoms with Crippen molar-refractivity contribution in [3.8, 4) is 5.75 Å². The van der Waals surface area contributed by atoms with Crippen molar-refractivity contribution < 1.29 is 9.84 Å². The van der Waals surface area contributed by atoms with Crippen molar-refractivity contribution >= 4 is 10.9 Å². The molecule has 1 aromatic carbocycles. The minimum absolute atomic E-state index is 0.293. The summed E-state index contributed by atoms with van der Waals surface area (Å²) in [6.45, 7) is 6.02. The van der Waals surface area contributed by atoms with E-state index in [1.54, 1.807) is 19.4 Å². The number of fused-ring (bicyclic) bond motifs is 1. The van der Waals surface area contributed by atoms with Gasteiger partial charge in [-0.1, -0.05) is 13.0 Å². The number of pyridine rings is 1. The molecule has 0 aliphatic heterocycles. The van der Waals surface area contributed by atoms with Crippen LogP contribution in [-0.2, 0) is 5.72 Å². The zero-order chi connectivity index (χ0) is 18.4. The Labute approximate surface area is 149 Å². The molecule has 0 bridgehead atoms. The van der Waals surface area contributed by atoms with Crippen molar-refractivity contribution in [3.63, 3.8) is 0 Å². The molecule has 4 N–H and O–H groups in total. The largest absolute Gasteiger partial charge is 0.497 e. The van der Waals surface area contributed by atoms with Crippen LogP contribution in [-0.4, -0.2) is 30.3 Å². The molecule has 1 heterocycles. The first-order chi connectivity index (χ1) is 12.0. The lowest BCUT2D eigenvalue weighted by Gasteiger charge is -2.34. The Morgan fingerprint density at radius 2 is 2.16 bits per heavy atom. The lowest BCUT2D eigenvalue weighted by atomic mass is 9.87. The standard InChI is InChI=1S/C20H29N3O2/c1-5-14(6-2)7-10-19(22-3)20(21,24)17-11-12-23-18-9-8-15(25-4)13-16(17)18/h5,8-9,11-14,19,22,24H,1,6-7,10,21H2,2-4H3/t14-,19+,20-/m0/s1. The lowest BCUT2D eigenvalue weighted by Crippen LogP contribution is -2.54. The van der Waals surface area contributed by atoms with Crippen LogP contribution in [0.5, 0.6) is 5.75 Å². The number of ether oxygens (including phenoxy) is 1. The van der Waals surface area contributed by atoms with Gasteiger partial charge in [0, 0.05) is 17.1 Å². The highest BCUT2D eigenvalue weighted by atomic mass is 16.5. The van der Waals surface area contributed by atoms with Gasteiger partial charge in [-0.15, -0.1) is 6.58 Å². The van der Waals surface area contributed by atoms with E-state index in [0.717, 1.165) is 30.2 Å². The second-order valence-corrected chi connectivity index (χ2v) is 6.39. The number of hydrogen-bond donors (Lipinski definition) is 3. The molecule has 0 spiro atoms. The average molecular weight is 343 g/mol. The first kappa shape index (κ1) is 19.4. The van der Waals surface area contributed by atoms with Crippen molar-refractivity contribution in [2.45, 2.75) is 38.0 Å². The molecule has 136 valence electrons. The van der Waals surface area contributed by atoms with Crippen LogP contribution in [0, 0.1) is 5.92 Å². The molecule has 0 unspecified atom stereocenters. The van der Waals surface area contributed by atoms with E-state index in [2.05, 4.69) is 23.8 Å². The van der Waals surface area contributed by atoms with Crippen LogP contribution in [0.2, 0.25) is 0 Å².